The molecule has 1 saturated carbocycles. The highest BCUT2D eigenvalue weighted by molar-refractivity contribution is 7.09. The van der Waals surface area contributed by atoms with E-state index in [0.29, 0.717) is 0 Å². The molecule has 0 aromatic carbocycles. The number of thiazole rings is 1. The largest absolute Gasteiger partial charge is 0.307 e. The number of rotatable bonds is 4. The van der Waals surface area contributed by atoms with Crippen molar-refractivity contribution < 1.29 is 0 Å². The van der Waals surface area contributed by atoms with Gasteiger partial charge in [-0.2, -0.15) is 0 Å². The van der Waals surface area contributed by atoms with Crippen molar-refractivity contribution in [3.05, 3.63) is 16.1 Å². The van der Waals surface area contributed by atoms with Gasteiger partial charge >= 0.3 is 0 Å². The number of hydrogen-bond donors (Lipinski definition) is 1. The van der Waals surface area contributed by atoms with E-state index in [2.05, 4.69) is 29.5 Å². The lowest BCUT2D eigenvalue weighted by Gasteiger charge is -2.31. The Hall–Kier alpha value is -0.410. The van der Waals surface area contributed by atoms with Gasteiger partial charge in [-0.15, -0.1) is 11.3 Å². The molecule has 1 heterocycles. The summed E-state index contributed by atoms with van der Waals surface area (Å²) in [6, 6.07) is 0.725. The molecule has 0 saturated heterocycles. The van der Waals surface area contributed by atoms with E-state index in [9.17, 15) is 0 Å². The standard InChI is InChI=1S/C13H22N2S/c1-3-11-6-4-5-7-12(11)14-8-13-15-10(2)9-16-13/h9,11-12,14H,3-8H2,1-2H3. The second-order valence-corrected chi connectivity index (χ2v) is 5.77. The van der Waals surface area contributed by atoms with Crippen molar-refractivity contribution in [2.24, 2.45) is 5.92 Å². The van der Waals surface area contributed by atoms with Gasteiger partial charge in [0.05, 0.1) is 0 Å². The molecule has 0 bridgehead atoms. The zero-order valence-electron chi connectivity index (χ0n) is 10.3. The summed E-state index contributed by atoms with van der Waals surface area (Å²) in [5, 5.41) is 7.07. The molecular weight excluding hydrogens is 216 g/mol. The van der Waals surface area contributed by atoms with Crippen LogP contribution < -0.4 is 5.32 Å². The Balaban J connectivity index is 1.84. The van der Waals surface area contributed by atoms with Gasteiger partial charge in [0.2, 0.25) is 0 Å². The minimum Gasteiger partial charge on any atom is -0.307 e. The highest BCUT2D eigenvalue weighted by Gasteiger charge is 2.22. The number of nitrogens with one attached hydrogen (secondary N) is 1. The fourth-order valence-corrected chi connectivity index (χ4v) is 3.39. The molecule has 1 aliphatic rings. The third-order valence-corrected chi connectivity index (χ3v) is 4.58. The van der Waals surface area contributed by atoms with Crippen molar-refractivity contribution in [1.82, 2.24) is 10.3 Å². The molecule has 2 atom stereocenters. The van der Waals surface area contributed by atoms with Crippen LogP contribution in [-0.4, -0.2) is 11.0 Å². The van der Waals surface area contributed by atoms with Crippen molar-refractivity contribution >= 4 is 11.3 Å². The Morgan fingerprint density at radius 3 is 2.94 bits per heavy atom. The summed E-state index contributed by atoms with van der Waals surface area (Å²) in [5.41, 5.74) is 1.15. The van der Waals surface area contributed by atoms with E-state index in [-0.39, 0.29) is 0 Å². The fraction of sp³-hybridized carbons (Fsp3) is 0.769. The van der Waals surface area contributed by atoms with Crippen LogP contribution in [0.15, 0.2) is 5.38 Å². The van der Waals surface area contributed by atoms with Crippen molar-refractivity contribution in [2.45, 2.75) is 58.5 Å². The molecule has 2 nitrogen and oxygen atoms in total. The van der Waals surface area contributed by atoms with E-state index in [1.54, 1.807) is 11.3 Å². The topological polar surface area (TPSA) is 24.9 Å². The summed E-state index contributed by atoms with van der Waals surface area (Å²) < 4.78 is 0. The van der Waals surface area contributed by atoms with Gasteiger partial charge in [0, 0.05) is 23.7 Å². The molecule has 2 rings (SSSR count). The van der Waals surface area contributed by atoms with Crippen LogP contribution in [0.4, 0.5) is 0 Å². The van der Waals surface area contributed by atoms with Gasteiger partial charge in [-0.3, -0.25) is 0 Å². The second kappa shape index (κ2) is 5.78. The maximum Gasteiger partial charge on any atom is 0.107 e. The molecule has 16 heavy (non-hydrogen) atoms. The summed E-state index contributed by atoms with van der Waals surface area (Å²) in [5.74, 6) is 0.884. The lowest BCUT2D eigenvalue weighted by molar-refractivity contribution is 0.254. The number of hydrogen-bond acceptors (Lipinski definition) is 3. The SMILES string of the molecule is CCC1CCCCC1NCc1nc(C)cs1. The molecule has 0 radical (unpaired) electrons. The van der Waals surface area contributed by atoms with Crippen molar-refractivity contribution in [2.75, 3.05) is 0 Å². The summed E-state index contributed by atoms with van der Waals surface area (Å²) in [7, 11) is 0. The maximum absolute atomic E-state index is 4.50. The fourth-order valence-electron chi connectivity index (χ4n) is 2.67. The summed E-state index contributed by atoms with van der Waals surface area (Å²) in [4.78, 5) is 4.50. The summed E-state index contributed by atoms with van der Waals surface area (Å²) in [6.07, 6.45) is 6.89. The predicted octanol–water partition coefficient (Wildman–Crippen LogP) is 3.51. The molecule has 2 unspecified atom stereocenters. The van der Waals surface area contributed by atoms with Crippen LogP contribution in [0.1, 0.15) is 49.7 Å². The first-order chi connectivity index (χ1) is 7.79. The van der Waals surface area contributed by atoms with Gasteiger partial charge in [0.1, 0.15) is 5.01 Å². The Kier molecular flexibility index (Phi) is 4.36. The van der Waals surface area contributed by atoms with Crippen LogP contribution >= 0.6 is 11.3 Å². The molecular formula is C13H22N2S. The van der Waals surface area contributed by atoms with Crippen LogP contribution in [-0.2, 0) is 6.54 Å². The lowest BCUT2D eigenvalue weighted by atomic mass is 9.83. The van der Waals surface area contributed by atoms with Crippen molar-refractivity contribution in [3.63, 3.8) is 0 Å². The van der Waals surface area contributed by atoms with E-state index in [1.165, 1.54) is 37.1 Å². The third kappa shape index (κ3) is 3.05. The summed E-state index contributed by atoms with van der Waals surface area (Å²) in [6.45, 7) is 5.34. The van der Waals surface area contributed by atoms with Gasteiger partial charge < -0.3 is 5.32 Å². The van der Waals surface area contributed by atoms with Gasteiger partial charge in [0.25, 0.3) is 0 Å². The number of nitrogens with zero attached hydrogens (tertiary/aromatic N) is 1. The molecule has 3 heteroatoms. The Bertz CT molecular complexity index is 321. The highest BCUT2D eigenvalue weighted by Crippen LogP contribution is 2.27. The molecule has 1 aromatic heterocycles. The predicted molar refractivity (Wildman–Crippen MR) is 69.7 cm³/mol. The minimum atomic E-state index is 0.725. The Morgan fingerprint density at radius 2 is 2.25 bits per heavy atom. The normalized spacial score (nSPS) is 25.9. The van der Waals surface area contributed by atoms with Gasteiger partial charge in [0.15, 0.2) is 0 Å². The van der Waals surface area contributed by atoms with E-state index < -0.39 is 0 Å². The van der Waals surface area contributed by atoms with E-state index in [0.717, 1.165) is 24.2 Å². The van der Waals surface area contributed by atoms with Crippen LogP contribution in [0, 0.1) is 12.8 Å². The molecule has 90 valence electrons. The average Bonchev–Trinajstić information content (AvgIpc) is 2.73. The van der Waals surface area contributed by atoms with Crippen LogP contribution in [0.25, 0.3) is 0 Å². The molecule has 1 aliphatic carbocycles. The third-order valence-electron chi connectivity index (χ3n) is 3.62. The maximum atomic E-state index is 4.50. The van der Waals surface area contributed by atoms with Crippen LogP contribution in [0.5, 0.6) is 0 Å². The molecule has 1 aromatic rings. The number of aromatic nitrogens is 1. The second-order valence-electron chi connectivity index (χ2n) is 4.82. The zero-order chi connectivity index (χ0) is 11.4. The first-order valence-electron chi connectivity index (χ1n) is 6.44. The zero-order valence-corrected chi connectivity index (χ0v) is 11.1. The monoisotopic (exact) mass is 238 g/mol. The molecule has 0 amide bonds. The van der Waals surface area contributed by atoms with E-state index in [4.69, 9.17) is 0 Å². The smallest absolute Gasteiger partial charge is 0.107 e. The van der Waals surface area contributed by atoms with Gasteiger partial charge in [-0.25, -0.2) is 4.98 Å². The molecule has 1 N–H and O–H groups in total. The van der Waals surface area contributed by atoms with Crippen LogP contribution in [0.3, 0.4) is 0 Å². The summed E-state index contributed by atoms with van der Waals surface area (Å²) >= 11 is 1.77. The Labute approximate surface area is 102 Å². The Morgan fingerprint density at radius 1 is 1.44 bits per heavy atom. The van der Waals surface area contributed by atoms with Gasteiger partial charge in [-0.05, 0) is 25.7 Å². The van der Waals surface area contributed by atoms with Crippen LogP contribution in [0.2, 0.25) is 0 Å². The average molecular weight is 238 g/mol. The first-order valence-corrected chi connectivity index (χ1v) is 7.32. The van der Waals surface area contributed by atoms with Crippen molar-refractivity contribution in [1.29, 1.82) is 0 Å². The molecule has 1 fully saturated rings. The quantitative estimate of drug-likeness (QED) is 0.868. The molecule has 0 spiro atoms. The molecule has 0 aliphatic heterocycles. The van der Waals surface area contributed by atoms with Crippen molar-refractivity contribution in [3.8, 4) is 0 Å². The first kappa shape index (κ1) is 12.1. The van der Waals surface area contributed by atoms with Gasteiger partial charge in [-0.1, -0.05) is 26.2 Å². The lowest BCUT2D eigenvalue weighted by Crippen LogP contribution is -2.37. The highest BCUT2D eigenvalue weighted by atomic mass is 32.1. The number of aryl methyl sites for hydroxylation is 1. The minimum absolute atomic E-state index is 0.725. The van der Waals surface area contributed by atoms with E-state index >= 15 is 0 Å². The van der Waals surface area contributed by atoms with E-state index in [1.807, 2.05) is 0 Å².